The Balaban J connectivity index is 1.77. The Kier molecular flexibility index (Phi) is 7.34. The SMILES string of the molecule is CCOc1cc(/C=C2/SC(=O)N(CC(=O)Nc3cccc(F)c3)C2=O)c(Br)cc1OC. The Morgan fingerprint density at radius 2 is 2.03 bits per heavy atom. The van der Waals surface area contributed by atoms with Gasteiger partial charge in [0.15, 0.2) is 11.5 Å². The lowest BCUT2D eigenvalue weighted by Gasteiger charge is -2.13. The van der Waals surface area contributed by atoms with Crippen molar-refractivity contribution in [2.45, 2.75) is 6.92 Å². The minimum absolute atomic E-state index is 0.164. The summed E-state index contributed by atoms with van der Waals surface area (Å²) < 4.78 is 24.7. The van der Waals surface area contributed by atoms with Gasteiger partial charge in [-0.05, 0) is 60.7 Å². The summed E-state index contributed by atoms with van der Waals surface area (Å²) in [5.74, 6) is -0.701. The number of rotatable bonds is 7. The predicted octanol–water partition coefficient (Wildman–Crippen LogP) is 4.67. The maximum atomic E-state index is 13.3. The first-order valence-electron chi connectivity index (χ1n) is 9.13. The number of anilines is 1. The first kappa shape index (κ1) is 22.8. The third kappa shape index (κ3) is 5.45. The van der Waals surface area contributed by atoms with Crippen LogP contribution in [0.2, 0.25) is 0 Å². The summed E-state index contributed by atoms with van der Waals surface area (Å²) in [5.41, 5.74) is 0.845. The molecule has 1 aliphatic rings. The van der Waals surface area contributed by atoms with Crippen LogP contribution in [-0.4, -0.2) is 42.2 Å². The lowest BCUT2D eigenvalue weighted by Crippen LogP contribution is -2.36. The molecule has 1 aliphatic heterocycles. The Hall–Kier alpha value is -2.85. The van der Waals surface area contributed by atoms with Gasteiger partial charge in [-0.3, -0.25) is 19.3 Å². The van der Waals surface area contributed by atoms with Crippen molar-refractivity contribution in [3.8, 4) is 11.5 Å². The van der Waals surface area contributed by atoms with E-state index in [9.17, 15) is 18.8 Å². The third-order valence-electron chi connectivity index (χ3n) is 4.15. The van der Waals surface area contributed by atoms with Crippen LogP contribution in [0.25, 0.3) is 6.08 Å². The van der Waals surface area contributed by atoms with E-state index in [-0.39, 0.29) is 10.6 Å². The first-order chi connectivity index (χ1) is 14.8. The van der Waals surface area contributed by atoms with E-state index in [1.165, 1.54) is 25.3 Å². The molecule has 0 aromatic heterocycles. The molecule has 7 nitrogen and oxygen atoms in total. The van der Waals surface area contributed by atoms with Crippen molar-refractivity contribution in [2.75, 3.05) is 25.6 Å². The van der Waals surface area contributed by atoms with Gasteiger partial charge >= 0.3 is 0 Å². The fourth-order valence-electron chi connectivity index (χ4n) is 2.78. The normalized spacial score (nSPS) is 14.8. The van der Waals surface area contributed by atoms with Gasteiger partial charge < -0.3 is 14.8 Å². The van der Waals surface area contributed by atoms with Crippen molar-refractivity contribution in [3.63, 3.8) is 0 Å². The molecule has 0 aliphatic carbocycles. The Morgan fingerprint density at radius 1 is 1.26 bits per heavy atom. The van der Waals surface area contributed by atoms with Gasteiger partial charge in [0.25, 0.3) is 11.1 Å². The molecular formula is C21H18BrFN2O5S. The van der Waals surface area contributed by atoms with Crippen LogP contribution in [0, 0.1) is 5.82 Å². The van der Waals surface area contributed by atoms with Gasteiger partial charge in [0.2, 0.25) is 5.91 Å². The Morgan fingerprint density at radius 3 is 2.71 bits per heavy atom. The zero-order chi connectivity index (χ0) is 22.5. The molecule has 0 unspecified atom stereocenters. The number of hydrogen-bond acceptors (Lipinski definition) is 6. The minimum Gasteiger partial charge on any atom is -0.493 e. The maximum absolute atomic E-state index is 13.3. The van der Waals surface area contributed by atoms with E-state index in [1.54, 1.807) is 18.2 Å². The number of halogens is 2. The van der Waals surface area contributed by atoms with Gasteiger partial charge in [-0.1, -0.05) is 22.0 Å². The molecule has 1 heterocycles. The number of carbonyl (C=O) groups is 3. The van der Waals surface area contributed by atoms with E-state index >= 15 is 0 Å². The molecule has 3 rings (SSSR count). The van der Waals surface area contributed by atoms with Gasteiger partial charge in [0.1, 0.15) is 12.4 Å². The molecule has 1 N–H and O–H groups in total. The minimum atomic E-state index is -0.613. The molecule has 10 heteroatoms. The summed E-state index contributed by atoms with van der Waals surface area (Å²) in [6.45, 7) is 1.78. The number of ether oxygens (including phenoxy) is 2. The van der Waals surface area contributed by atoms with Crippen LogP contribution in [0.1, 0.15) is 12.5 Å². The van der Waals surface area contributed by atoms with Crippen LogP contribution in [0.3, 0.4) is 0 Å². The average molecular weight is 509 g/mol. The number of amides is 3. The lowest BCUT2D eigenvalue weighted by atomic mass is 10.2. The molecule has 0 saturated carbocycles. The maximum Gasteiger partial charge on any atom is 0.294 e. The smallest absolute Gasteiger partial charge is 0.294 e. The van der Waals surface area contributed by atoms with Crippen molar-refractivity contribution in [1.82, 2.24) is 4.90 Å². The van der Waals surface area contributed by atoms with E-state index in [2.05, 4.69) is 21.2 Å². The van der Waals surface area contributed by atoms with Crippen LogP contribution in [0.15, 0.2) is 45.8 Å². The van der Waals surface area contributed by atoms with Crippen molar-refractivity contribution >= 4 is 56.5 Å². The quantitative estimate of drug-likeness (QED) is 0.547. The lowest BCUT2D eigenvalue weighted by molar-refractivity contribution is -0.127. The van der Waals surface area contributed by atoms with Gasteiger partial charge in [0.05, 0.1) is 18.6 Å². The molecule has 162 valence electrons. The summed E-state index contributed by atoms with van der Waals surface area (Å²) in [7, 11) is 1.52. The molecule has 0 bridgehead atoms. The fourth-order valence-corrected chi connectivity index (χ4v) is 4.04. The highest BCUT2D eigenvalue weighted by Crippen LogP contribution is 2.38. The second kappa shape index (κ2) is 9.97. The highest BCUT2D eigenvalue weighted by Gasteiger charge is 2.36. The van der Waals surface area contributed by atoms with Crippen molar-refractivity contribution < 1.29 is 28.2 Å². The molecule has 3 amide bonds. The van der Waals surface area contributed by atoms with E-state index in [1.807, 2.05) is 6.92 Å². The van der Waals surface area contributed by atoms with Crippen LogP contribution in [0.5, 0.6) is 11.5 Å². The van der Waals surface area contributed by atoms with Crippen molar-refractivity contribution in [2.24, 2.45) is 0 Å². The second-order valence-electron chi connectivity index (χ2n) is 6.28. The number of carbonyl (C=O) groups excluding carboxylic acids is 3. The number of imide groups is 1. The summed E-state index contributed by atoms with van der Waals surface area (Å²) >= 11 is 4.15. The molecular weight excluding hydrogens is 491 g/mol. The molecule has 2 aromatic rings. The van der Waals surface area contributed by atoms with E-state index in [0.29, 0.717) is 28.1 Å². The number of hydrogen-bond donors (Lipinski definition) is 1. The summed E-state index contributed by atoms with van der Waals surface area (Å²) in [6, 6.07) is 8.72. The third-order valence-corrected chi connectivity index (χ3v) is 5.75. The first-order valence-corrected chi connectivity index (χ1v) is 10.7. The monoisotopic (exact) mass is 508 g/mol. The van der Waals surface area contributed by atoms with Crippen LogP contribution < -0.4 is 14.8 Å². The average Bonchev–Trinajstić information content (AvgIpc) is 2.97. The second-order valence-corrected chi connectivity index (χ2v) is 8.13. The van der Waals surface area contributed by atoms with Crippen molar-refractivity contribution in [3.05, 3.63) is 57.2 Å². The highest BCUT2D eigenvalue weighted by atomic mass is 79.9. The zero-order valence-electron chi connectivity index (χ0n) is 16.6. The van der Waals surface area contributed by atoms with E-state index < -0.39 is 29.4 Å². The van der Waals surface area contributed by atoms with E-state index in [0.717, 1.165) is 22.7 Å². The Labute approximate surface area is 190 Å². The molecule has 1 fully saturated rings. The summed E-state index contributed by atoms with van der Waals surface area (Å²) in [6.07, 6.45) is 1.54. The number of nitrogens with zero attached hydrogens (tertiary/aromatic N) is 1. The van der Waals surface area contributed by atoms with Gasteiger partial charge in [0, 0.05) is 10.2 Å². The molecule has 2 aromatic carbocycles. The Bertz CT molecular complexity index is 1080. The van der Waals surface area contributed by atoms with Gasteiger partial charge in [-0.15, -0.1) is 0 Å². The van der Waals surface area contributed by atoms with E-state index in [4.69, 9.17) is 9.47 Å². The largest absolute Gasteiger partial charge is 0.493 e. The predicted molar refractivity (Wildman–Crippen MR) is 120 cm³/mol. The molecule has 0 atom stereocenters. The van der Waals surface area contributed by atoms with Crippen LogP contribution in [0.4, 0.5) is 14.9 Å². The number of benzene rings is 2. The summed E-state index contributed by atoms with van der Waals surface area (Å²) in [5, 5.41) is 1.90. The van der Waals surface area contributed by atoms with Crippen molar-refractivity contribution in [1.29, 1.82) is 0 Å². The molecule has 1 saturated heterocycles. The van der Waals surface area contributed by atoms with Gasteiger partial charge in [-0.25, -0.2) is 4.39 Å². The topological polar surface area (TPSA) is 84.9 Å². The zero-order valence-corrected chi connectivity index (χ0v) is 19.0. The molecule has 0 radical (unpaired) electrons. The standard InChI is InChI=1S/C21H18BrFN2O5S/c1-3-30-17-7-12(15(22)10-16(17)29-2)8-18-20(27)25(21(28)31-18)11-19(26)24-14-6-4-5-13(23)9-14/h4-10H,3,11H2,1-2H3,(H,24,26)/b18-8+. The number of nitrogens with one attached hydrogen (secondary N) is 1. The number of thioether (sulfide) groups is 1. The van der Waals surface area contributed by atoms with Crippen LogP contribution in [-0.2, 0) is 9.59 Å². The fraction of sp³-hybridized carbons (Fsp3) is 0.190. The highest BCUT2D eigenvalue weighted by molar-refractivity contribution is 9.10. The number of methoxy groups -OCH3 is 1. The summed E-state index contributed by atoms with van der Waals surface area (Å²) in [4.78, 5) is 38.3. The molecule has 0 spiro atoms. The van der Waals surface area contributed by atoms with Crippen LogP contribution >= 0.6 is 27.7 Å². The molecule has 31 heavy (non-hydrogen) atoms. The van der Waals surface area contributed by atoms with Gasteiger partial charge in [-0.2, -0.15) is 0 Å².